The molecule has 2 N–H and O–H groups in total. The molecule has 16 heavy (non-hydrogen) atoms. The average Bonchev–Trinajstić information content (AvgIpc) is 2.77. The van der Waals surface area contributed by atoms with Gasteiger partial charge in [-0.15, -0.1) is 0 Å². The highest BCUT2D eigenvalue weighted by molar-refractivity contribution is 5.78. The lowest BCUT2D eigenvalue weighted by Crippen LogP contribution is -2.34. The summed E-state index contributed by atoms with van der Waals surface area (Å²) in [4.78, 5) is 11.6. The van der Waals surface area contributed by atoms with E-state index in [4.69, 9.17) is 0 Å². The molecule has 0 spiro atoms. The van der Waals surface area contributed by atoms with Crippen molar-refractivity contribution < 1.29 is 4.79 Å². The lowest BCUT2D eigenvalue weighted by Gasteiger charge is -2.12. The molecule has 0 heterocycles. The molecule has 0 aromatic carbocycles. The van der Waals surface area contributed by atoms with E-state index in [2.05, 4.69) is 10.6 Å². The topological polar surface area (TPSA) is 41.1 Å². The Hall–Kier alpha value is -0.570. The predicted octanol–water partition coefficient (Wildman–Crippen LogP) is 1.93. The second-order valence-electron chi connectivity index (χ2n) is 5.04. The zero-order chi connectivity index (χ0) is 11.8. The van der Waals surface area contributed by atoms with Crippen LogP contribution in [0, 0.1) is 11.8 Å². The number of hydrogen-bond donors (Lipinski definition) is 2. The molecule has 0 aromatic heterocycles. The summed E-state index contributed by atoms with van der Waals surface area (Å²) in [6, 6.07) is 0. The van der Waals surface area contributed by atoms with Crippen molar-refractivity contribution in [3.05, 3.63) is 0 Å². The SMILES string of the molecule is CNCC(C)C(=O)NCCCC1CCCC1. The van der Waals surface area contributed by atoms with Crippen molar-refractivity contribution in [2.24, 2.45) is 11.8 Å². The van der Waals surface area contributed by atoms with Crippen molar-refractivity contribution >= 4 is 5.91 Å². The first-order valence-corrected chi connectivity index (χ1v) is 6.66. The first-order valence-electron chi connectivity index (χ1n) is 6.66. The Morgan fingerprint density at radius 3 is 2.69 bits per heavy atom. The monoisotopic (exact) mass is 226 g/mol. The van der Waals surface area contributed by atoms with Gasteiger partial charge in [0.25, 0.3) is 0 Å². The highest BCUT2D eigenvalue weighted by Crippen LogP contribution is 2.28. The van der Waals surface area contributed by atoms with Gasteiger partial charge in [0, 0.05) is 19.0 Å². The van der Waals surface area contributed by atoms with Gasteiger partial charge in [0.15, 0.2) is 0 Å². The zero-order valence-corrected chi connectivity index (χ0v) is 10.7. The third kappa shape index (κ3) is 4.97. The van der Waals surface area contributed by atoms with Gasteiger partial charge in [0.05, 0.1) is 0 Å². The standard InChI is InChI=1S/C13H26N2O/c1-11(10-14-2)13(16)15-9-5-8-12-6-3-4-7-12/h11-12,14H,3-10H2,1-2H3,(H,15,16). The molecule has 1 unspecified atom stereocenters. The Kier molecular flexibility index (Phi) is 6.46. The summed E-state index contributed by atoms with van der Waals surface area (Å²) >= 11 is 0. The van der Waals surface area contributed by atoms with E-state index in [0.717, 1.165) is 25.4 Å². The largest absolute Gasteiger partial charge is 0.356 e. The Morgan fingerprint density at radius 2 is 2.06 bits per heavy atom. The van der Waals surface area contributed by atoms with Crippen molar-refractivity contribution in [1.29, 1.82) is 0 Å². The minimum absolute atomic E-state index is 0.0801. The lowest BCUT2D eigenvalue weighted by molar-refractivity contribution is -0.124. The van der Waals surface area contributed by atoms with Crippen LogP contribution < -0.4 is 10.6 Å². The molecule has 1 rings (SSSR count). The summed E-state index contributed by atoms with van der Waals surface area (Å²) in [5, 5.41) is 6.03. The summed E-state index contributed by atoms with van der Waals surface area (Å²) in [6.45, 7) is 3.57. The molecule has 1 fully saturated rings. The molecule has 1 saturated carbocycles. The minimum atomic E-state index is 0.0801. The molecule has 1 aliphatic carbocycles. The van der Waals surface area contributed by atoms with E-state index in [9.17, 15) is 4.79 Å². The van der Waals surface area contributed by atoms with E-state index in [1.54, 1.807) is 0 Å². The van der Waals surface area contributed by atoms with E-state index in [1.165, 1.54) is 32.1 Å². The normalized spacial score (nSPS) is 18.6. The average molecular weight is 226 g/mol. The maximum atomic E-state index is 11.6. The van der Waals surface area contributed by atoms with E-state index in [-0.39, 0.29) is 11.8 Å². The van der Waals surface area contributed by atoms with Crippen LogP contribution in [-0.2, 0) is 4.79 Å². The van der Waals surface area contributed by atoms with Gasteiger partial charge in [0.1, 0.15) is 0 Å². The summed E-state index contributed by atoms with van der Waals surface area (Å²) in [5.74, 6) is 1.20. The fraction of sp³-hybridized carbons (Fsp3) is 0.923. The fourth-order valence-corrected chi connectivity index (χ4v) is 2.47. The van der Waals surface area contributed by atoms with Gasteiger partial charge in [-0.2, -0.15) is 0 Å². The third-order valence-electron chi connectivity index (χ3n) is 3.52. The Morgan fingerprint density at radius 1 is 1.38 bits per heavy atom. The smallest absolute Gasteiger partial charge is 0.224 e. The maximum absolute atomic E-state index is 11.6. The Labute approximate surface area is 99.4 Å². The van der Waals surface area contributed by atoms with Gasteiger partial charge in [-0.3, -0.25) is 4.79 Å². The Bertz CT molecular complexity index is 200. The third-order valence-corrected chi connectivity index (χ3v) is 3.52. The number of hydrogen-bond acceptors (Lipinski definition) is 2. The molecule has 1 atom stereocenters. The lowest BCUT2D eigenvalue weighted by atomic mass is 10.0. The van der Waals surface area contributed by atoms with Crippen molar-refractivity contribution in [2.45, 2.75) is 45.4 Å². The van der Waals surface area contributed by atoms with E-state index >= 15 is 0 Å². The second kappa shape index (κ2) is 7.66. The van der Waals surface area contributed by atoms with Crippen molar-refractivity contribution in [3.8, 4) is 0 Å². The van der Waals surface area contributed by atoms with Gasteiger partial charge >= 0.3 is 0 Å². The van der Waals surface area contributed by atoms with Gasteiger partial charge in [-0.1, -0.05) is 32.6 Å². The van der Waals surface area contributed by atoms with E-state index in [0.29, 0.717) is 0 Å². The quantitative estimate of drug-likeness (QED) is 0.651. The van der Waals surface area contributed by atoms with Crippen LogP contribution >= 0.6 is 0 Å². The molecule has 1 aliphatic rings. The highest BCUT2D eigenvalue weighted by atomic mass is 16.1. The fourth-order valence-electron chi connectivity index (χ4n) is 2.47. The number of carbonyl (C=O) groups excluding carboxylic acids is 1. The maximum Gasteiger partial charge on any atom is 0.224 e. The summed E-state index contributed by atoms with van der Waals surface area (Å²) < 4.78 is 0. The number of rotatable bonds is 7. The molecule has 3 heteroatoms. The number of amides is 1. The van der Waals surface area contributed by atoms with Crippen LogP contribution in [0.25, 0.3) is 0 Å². The van der Waals surface area contributed by atoms with Crippen molar-refractivity contribution in [2.75, 3.05) is 20.1 Å². The number of nitrogens with one attached hydrogen (secondary N) is 2. The minimum Gasteiger partial charge on any atom is -0.356 e. The van der Waals surface area contributed by atoms with E-state index < -0.39 is 0 Å². The van der Waals surface area contributed by atoms with Crippen LogP contribution in [0.4, 0.5) is 0 Å². The van der Waals surface area contributed by atoms with Crippen LogP contribution in [0.1, 0.15) is 45.4 Å². The molecule has 0 aliphatic heterocycles. The molecule has 0 radical (unpaired) electrons. The molecule has 3 nitrogen and oxygen atoms in total. The molecule has 0 bridgehead atoms. The zero-order valence-electron chi connectivity index (χ0n) is 10.7. The first-order chi connectivity index (χ1) is 7.74. The van der Waals surface area contributed by atoms with E-state index in [1.807, 2.05) is 14.0 Å². The molecule has 0 saturated heterocycles. The van der Waals surface area contributed by atoms with Crippen molar-refractivity contribution in [3.63, 3.8) is 0 Å². The molecule has 1 amide bonds. The van der Waals surface area contributed by atoms with Gasteiger partial charge in [0.2, 0.25) is 5.91 Å². The van der Waals surface area contributed by atoms with Crippen LogP contribution in [0.3, 0.4) is 0 Å². The van der Waals surface area contributed by atoms with Gasteiger partial charge < -0.3 is 10.6 Å². The van der Waals surface area contributed by atoms with Crippen molar-refractivity contribution in [1.82, 2.24) is 10.6 Å². The number of carbonyl (C=O) groups is 1. The summed E-state index contributed by atoms with van der Waals surface area (Å²) in [6.07, 6.45) is 8.07. The van der Waals surface area contributed by atoms with Crippen LogP contribution in [0.15, 0.2) is 0 Å². The Balaban J connectivity index is 1.99. The first kappa shape index (κ1) is 13.5. The molecular formula is C13H26N2O. The summed E-state index contributed by atoms with van der Waals surface area (Å²) in [5.41, 5.74) is 0. The molecule has 0 aromatic rings. The van der Waals surface area contributed by atoms with Crippen LogP contribution in [0.2, 0.25) is 0 Å². The molecular weight excluding hydrogens is 200 g/mol. The summed E-state index contributed by atoms with van der Waals surface area (Å²) in [7, 11) is 1.88. The van der Waals surface area contributed by atoms with Gasteiger partial charge in [-0.05, 0) is 25.8 Å². The van der Waals surface area contributed by atoms with Crippen LogP contribution in [0.5, 0.6) is 0 Å². The van der Waals surface area contributed by atoms with Crippen LogP contribution in [-0.4, -0.2) is 26.0 Å². The molecule has 94 valence electrons. The second-order valence-corrected chi connectivity index (χ2v) is 5.04. The van der Waals surface area contributed by atoms with Gasteiger partial charge in [-0.25, -0.2) is 0 Å². The predicted molar refractivity (Wildman–Crippen MR) is 67.3 cm³/mol. The highest BCUT2D eigenvalue weighted by Gasteiger charge is 2.15.